The van der Waals surface area contributed by atoms with Crippen molar-refractivity contribution in [3.05, 3.63) is 245 Å². The van der Waals surface area contributed by atoms with E-state index >= 15 is 0 Å². The van der Waals surface area contributed by atoms with Gasteiger partial charge in [-0.25, -0.2) is 0 Å². The lowest BCUT2D eigenvalue weighted by molar-refractivity contribution is 0.795. The molecule has 0 bridgehead atoms. The van der Waals surface area contributed by atoms with Crippen LogP contribution in [0.1, 0.15) is 83.7 Å². The summed E-state index contributed by atoms with van der Waals surface area (Å²) in [5, 5.41) is 0.0858. The van der Waals surface area contributed by atoms with Crippen LogP contribution in [0, 0.1) is 0 Å². The van der Waals surface area contributed by atoms with Gasteiger partial charge >= 0.3 is 0 Å². The second-order valence-corrected chi connectivity index (χ2v) is 19.9. The number of hydrogen-bond acceptors (Lipinski definition) is 3. The van der Waals surface area contributed by atoms with E-state index in [0.717, 1.165) is 58.9 Å². The Labute approximate surface area is 403 Å². The average molecular weight is 900 g/mol. The van der Waals surface area contributed by atoms with Crippen LogP contribution in [0.4, 0.5) is 34.1 Å². The van der Waals surface area contributed by atoms with Gasteiger partial charge in [-0.2, -0.15) is 12.6 Å². The van der Waals surface area contributed by atoms with Gasteiger partial charge in [0, 0.05) is 56.2 Å². The Hall–Kier alpha value is -6.20. The molecule has 0 aliphatic rings. The molecule has 0 aliphatic heterocycles. The second kappa shape index (κ2) is 23.3. The predicted octanol–water partition coefficient (Wildman–Crippen LogP) is 17.5. The highest BCUT2D eigenvalue weighted by Gasteiger charge is 2.21. The van der Waals surface area contributed by atoms with Crippen molar-refractivity contribution in [3.63, 3.8) is 0 Å². The van der Waals surface area contributed by atoms with E-state index in [4.69, 9.17) is 12.6 Å². The smallest absolute Gasteiger partial charge is 0.157 e. The molecule has 0 saturated heterocycles. The lowest BCUT2D eigenvalue weighted by Crippen LogP contribution is -2.11. The molecule has 8 rings (SSSR count). The van der Waals surface area contributed by atoms with Crippen LogP contribution in [0.15, 0.2) is 211 Å². The van der Waals surface area contributed by atoms with E-state index < -0.39 is 0 Å². The van der Waals surface area contributed by atoms with Crippen molar-refractivity contribution in [2.45, 2.75) is 74.7 Å². The summed E-state index contributed by atoms with van der Waals surface area (Å²) in [4.78, 5) is 6.14. The minimum atomic E-state index is 0.0668. The fraction of sp³-hybridized carbons (Fsp3) is 0.194. The van der Waals surface area contributed by atoms with Gasteiger partial charge < -0.3 is 9.80 Å². The molecule has 0 radical (unpaired) electrons. The molecule has 0 aromatic heterocycles. The molecule has 332 valence electrons. The topological polar surface area (TPSA) is 6.48 Å². The molecule has 0 fully saturated rings. The summed E-state index contributed by atoms with van der Waals surface area (Å²) in [6.07, 6.45) is 14.7. The van der Waals surface area contributed by atoms with E-state index in [9.17, 15) is 0 Å². The summed E-state index contributed by atoms with van der Waals surface area (Å²) >= 11 is 5.09. The average Bonchev–Trinajstić information content (AvgIpc) is 3.37. The fourth-order valence-corrected chi connectivity index (χ4v) is 10.4. The second-order valence-electron chi connectivity index (χ2n) is 17.3. The Kier molecular flexibility index (Phi) is 16.4. The minimum absolute atomic E-state index is 0.0668. The molecular formula is C62H63N2S2+. The molecule has 4 heteroatoms. The van der Waals surface area contributed by atoms with Gasteiger partial charge in [-0.3, -0.25) is 0 Å². The van der Waals surface area contributed by atoms with Crippen molar-refractivity contribution in [1.29, 1.82) is 0 Å². The Morgan fingerprint density at radius 1 is 0.439 bits per heavy atom. The summed E-state index contributed by atoms with van der Waals surface area (Å²) in [5.41, 5.74) is 15.8. The third kappa shape index (κ3) is 12.4. The molecule has 0 saturated carbocycles. The lowest BCUT2D eigenvalue weighted by Gasteiger charge is -2.27. The summed E-state index contributed by atoms with van der Waals surface area (Å²) in [6, 6.07) is 75.7. The lowest BCUT2D eigenvalue weighted by atomic mass is 10.0. The Bertz CT molecular complexity index is 2540. The number of nitrogens with zero attached hydrogens (tertiary/aromatic N) is 2. The van der Waals surface area contributed by atoms with Crippen molar-refractivity contribution >= 4 is 69.8 Å². The van der Waals surface area contributed by atoms with Crippen LogP contribution >= 0.6 is 12.6 Å². The molecule has 2 atom stereocenters. The highest BCUT2D eigenvalue weighted by atomic mass is 32.2. The molecule has 0 heterocycles. The number of benzene rings is 8. The molecule has 2 nitrogen and oxygen atoms in total. The molecule has 66 heavy (non-hydrogen) atoms. The van der Waals surface area contributed by atoms with Crippen molar-refractivity contribution < 1.29 is 0 Å². The zero-order valence-corrected chi connectivity index (χ0v) is 40.5. The van der Waals surface area contributed by atoms with Gasteiger partial charge in [0.1, 0.15) is 12.0 Å². The first-order valence-electron chi connectivity index (χ1n) is 23.7. The van der Waals surface area contributed by atoms with Gasteiger partial charge in [-0.05, 0) is 138 Å². The summed E-state index contributed by atoms with van der Waals surface area (Å²) in [5.74, 6) is 1.03. The van der Waals surface area contributed by atoms with Gasteiger partial charge in [0.2, 0.25) is 0 Å². The van der Waals surface area contributed by atoms with E-state index in [1.807, 2.05) is 0 Å². The Morgan fingerprint density at radius 2 is 0.879 bits per heavy atom. The van der Waals surface area contributed by atoms with Gasteiger partial charge in [-0.15, -0.1) is 0 Å². The predicted molar refractivity (Wildman–Crippen MR) is 292 cm³/mol. The van der Waals surface area contributed by atoms with Gasteiger partial charge in [-0.1, -0.05) is 166 Å². The monoisotopic (exact) mass is 899 g/mol. The largest absolute Gasteiger partial charge is 0.310 e. The highest BCUT2D eigenvalue weighted by Crippen LogP contribution is 2.39. The highest BCUT2D eigenvalue weighted by molar-refractivity contribution is 7.95. The fourth-order valence-electron chi connectivity index (χ4n) is 8.51. The zero-order chi connectivity index (χ0) is 45.5. The molecule has 8 aromatic rings. The zero-order valence-electron chi connectivity index (χ0n) is 38.8. The molecule has 0 spiro atoms. The summed E-state index contributed by atoms with van der Waals surface area (Å²) in [6.45, 7) is 4.51. The van der Waals surface area contributed by atoms with Crippen LogP contribution in [-0.4, -0.2) is 6.26 Å². The van der Waals surface area contributed by atoms with Gasteiger partial charge in [0.05, 0.1) is 5.69 Å². The number of unbranched alkanes of at least 4 members (excludes halogenated alkanes) is 2. The SMILES string of the molecule is CCCCc1ccc(N(c2ccc(/C=C/c3ccc(N(c4ccc(CCCC)cc4)c4cccc([S+](C)Cc5ccccc5)c4)cc3)cc2)c2cccc(C(S)Cc3ccccc3)c2)cc1. The van der Waals surface area contributed by atoms with E-state index in [0.29, 0.717) is 0 Å². The van der Waals surface area contributed by atoms with Crippen LogP contribution in [0.25, 0.3) is 12.2 Å². The van der Waals surface area contributed by atoms with Crippen LogP contribution < -0.4 is 9.80 Å². The number of thiol groups is 1. The molecular weight excluding hydrogens is 837 g/mol. The van der Waals surface area contributed by atoms with Crippen molar-refractivity contribution in [1.82, 2.24) is 0 Å². The number of aryl methyl sites for hydroxylation is 2. The quantitative estimate of drug-likeness (QED) is 0.0463. The number of anilines is 6. The number of hydrogen-bond donors (Lipinski definition) is 1. The maximum absolute atomic E-state index is 5.09. The first-order valence-corrected chi connectivity index (χ1v) is 26.0. The minimum Gasteiger partial charge on any atom is -0.310 e. The summed E-state index contributed by atoms with van der Waals surface area (Å²) in [7, 11) is 0.0668. The third-order valence-electron chi connectivity index (χ3n) is 12.3. The Morgan fingerprint density at radius 3 is 1.36 bits per heavy atom. The number of rotatable bonds is 20. The third-order valence-corrected chi connectivity index (χ3v) is 14.6. The standard InChI is InChI=1S/C62H62N2S2/c1-4-6-16-48-28-36-55(37-29-48)63(59-23-14-22-54(45-59)62(65)44-52-18-10-8-11-19-52)56-40-32-50(33-41-56)26-27-51-34-42-58(43-35-51)64(57-38-30-49(31-39-57)17-7-5-2)60-24-15-25-61(46-60)66(3)47-53-20-12-9-13-21-53/h8-15,18-43,45-46,62H,4-7,16-17,44,47H2,1-3H3/p+1/b27-26+. The van der Waals surface area contributed by atoms with Crippen LogP contribution in [0.5, 0.6) is 0 Å². The normalized spacial score (nSPS) is 12.2. The van der Waals surface area contributed by atoms with Crippen LogP contribution in [0.3, 0.4) is 0 Å². The van der Waals surface area contributed by atoms with E-state index in [-0.39, 0.29) is 16.1 Å². The van der Waals surface area contributed by atoms with Crippen molar-refractivity contribution in [3.8, 4) is 0 Å². The molecule has 8 aromatic carbocycles. The first kappa shape index (κ1) is 46.3. The van der Waals surface area contributed by atoms with E-state index in [2.05, 4.69) is 248 Å². The Balaban J connectivity index is 1.03. The van der Waals surface area contributed by atoms with Gasteiger partial charge in [0.25, 0.3) is 0 Å². The van der Waals surface area contributed by atoms with Crippen molar-refractivity contribution in [2.24, 2.45) is 0 Å². The molecule has 0 aliphatic carbocycles. The summed E-state index contributed by atoms with van der Waals surface area (Å²) < 4.78 is 0. The van der Waals surface area contributed by atoms with Gasteiger partial charge in [0.15, 0.2) is 4.90 Å². The van der Waals surface area contributed by atoms with Crippen molar-refractivity contribution in [2.75, 3.05) is 16.1 Å². The molecule has 2 unspecified atom stereocenters. The maximum Gasteiger partial charge on any atom is 0.157 e. The molecule has 0 amide bonds. The molecule has 0 N–H and O–H groups in total. The maximum atomic E-state index is 5.09. The van der Waals surface area contributed by atoms with Crippen LogP contribution in [0.2, 0.25) is 0 Å². The van der Waals surface area contributed by atoms with Crippen LogP contribution in [-0.2, 0) is 35.9 Å². The van der Waals surface area contributed by atoms with E-state index in [1.54, 1.807) is 0 Å². The first-order chi connectivity index (χ1) is 32.4. The van der Waals surface area contributed by atoms with E-state index in [1.165, 1.54) is 69.8 Å².